The van der Waals surface area contributed by atoms with Crippen molar-refractivity contribution in [1.29, 1.82) is 0 Å². The number of esters is 1. The highest BCUT2D eigenvalue weighted by Gasteiger charge is 2.36. The molecular weight excluding hydrogens is 460 g/mol. The summed E-state index contributed by atoms with van der Waals surface area (Å²) in [5.74, 6) is -0.863. The molecule has 3 rings (SSSR count). The van der Waals surface area contributed by atoms with Crippen LogP contribution in [-0.2, 0) is 19.1 Å². The predicted octanol–water partition coefficient (Wildman–Crippen LogP) is 3.62. The lowest BCUT2D eigenvalue weighted by Gasteiger charge is -2.12. The van der Waals surface area contributed by atoms with Crippen LogP contribution in [0.5, 0.6) is 11.5 Å². The Labute approximate surface area is 201 Å². The molecule has 1 N–H and O–H groups in total. The second kappa shape index (κ2) is 11.4. The standard InChI is InChI=1S/C24H24N2O7S/c1-4-32-22(28)13-26-23(29)20(34-24(26)30)12-16-7-10-18(19(11-16)31-3)33-14-21(27)25-17-8-5-15(2)6-9-17/h5-12H,4,13-14H2,1-3H3,(H,25,27). The summed E-state index contributed by atoms with van der Waals surface area (Å²) < 4.78 is 15.7. The third-order valence-corrected chi connectivity index (χ3v) is 5.55. The second-order valence-electron chi connectivity index (χ2n) is 7.19. The summed E-state index contributed by atoms with van der Waals surface area (Å²) >= 11 is 0.736. The number of carbonyl (C=O) groups excluding carboxylic acids is 4. The molecule has 0 spiro atoms. The third kappa shape index (κ3) is 6.38. The van der Waals surface area contributed by atoms with Crippen LogP contribution in [0.2, 0.25) is 0 Å². The quantitative estimate of drug-likeness (QED) is 0.424. The fraction of sp³-hybridized carbons (Fsp3) is 0.250. The molecule has 2 aromatic carbocycles. The number of imide groups is 1. The molecule has 2 aromatic rings. The van der Waals surface area contributed by atoms with Gasteiger partial charge in [-0.3, -0.25) is 24.1 Å². The van der Waals surface area contributed by atoms with E-state index in [0.29, 0.717) is 22.7 Å². The van der Waals surface area contributed by atoms with E-state index in [2.05, 4.69) is 5.32 Å². The van der Waals surface area contributed by atoms with Crippen molar-refractivity contribution >= 4 is 46.5 Å². The Morgan fingerprint density at radius 1 is 1.09 bits per heavy atom. The number of thioether (sulfide) groups is 1. The van der Waals surface area contributed by atoms with Crippen LogP contribution in [0, 0.1) is 6.92 Å². The fourth-order valence-electron chi connectivity index (χ4n) is 2.99. The van der Waals surface area contributed by atoms with Crippen molar-refractivity contribution in [3.8, 4) is 11.5 Å². The first kappa shape index (κ1) is 24.8. The molecule has 3 amide bonds. The largest absolute Gasteiger partial charge is 0.493 e. The zero-order valence-corrected chi connectivity index (χ0v) is 19.8. The number of hydrogen-bond acceptors (Lipinski definition) is 8. The lowest BCUT2D eigenvalue weighted by atomic mass is 10.2. The van der Waals surface area contributed by atoms with Crippen LogP contribution in [0.25, 0.3) is 6.08 Å². The number of nitrogens with zero attached hydrogens (tertiary/aromatic N) is 1. The maximum absolute atomic E-state index is 12.5. The maximum atomic E-state index is 12.5. The first-order chi connectivity index (χ1) is 16.3. The van der Waals surface area contributed by atoms with Crippen LogP contribution in [0.4, 0.5) is 10.5 Å². The Hall–Kier alpha value is -3.79. The summed E-state index contributed by atoms with van der Waals surface area (Å²) in [6.07, 6.45) is 1.52. The van der Waals surface area contributed by atoms with E-state index < -0.39 is 23.7 Å². The number of aryl methyl sites for hydroxylation is 1. The molecule has 0 atom stereocenters. The number of ether oxygens (including phenoxy) is 3. The number of carbonyl (C=O) groups is 4. The monoisotopic (exact) mass is 484 g/mol. The molecule has 1 saturated heterocycles. The normalized spacial score (nSPS) is 14.3. The van der Waals surface area contributed by atoms with Gasteiger partial charge in [0.15, 0.2) is 18.1 Å². The summed E-state index contributed by atoms with van der Waals surface area (Å²) in [7, 11) is 1.45. The van der Waals surface area contributed by atoms with Gasteiger partial charge in [-0.05, 0) is 61.5 Å². The molecule has 0 bridgehead atoms. The molecule has 0 unspecified atom stereocenters. The minimum atomic E-state index is -0.652. The average molecular weight is 485 g/mol. The van der Waals surface area contributed by atoms with Crippen LogP contribution in [0.15, 0.2) is 47.4 Å². The topological polar surface area (TPSA) is 111 Å². The first-order valence-electron chi connectivity index (χ1n) is 10.4. The molecular formula is C24H24N2O7S. The Morgan fingerprint density at radius 3 is 2.50 bits per heavy atom. The molecule has 34 heavy (non-hydrogen) atoms. The van der Waals surface area contributed by atoms with Gasteiger partial charge in [-0.2, -0.15) is 0 Å². The van der Waals surface area contributed by atoms with E-state index in [1.807, 2.05) is 19.1 Å². The van der Waals surface area contributed by atoms with Gasteiger partial charge in [0.05, 0.1) is 18.6 Å². The van der Waals surface area contributed by atoms with E-state index in [9.17, 15) is 19.2 Å². The SMILES string of the molecule is CCOC(=O)CN1C(=O)SC(=Cc2ccc(OCC(=O)Nc3ccc(C)cc3)c(OC)c2)C1=O. The summed E-state index contributed by atoms with van der Waals surface area (Å²) in [4.78, 5) is 49.5. The molecule has 0 saturated carbocycles. The summed E-state index contributed by atoms with van der Waals surface area (Å²) in [5, 5.41) is 2.20. The van der Waals surface area contributed by atoms with Gasteiger partial charge in [0, 0.05) is 5.69 Å². The smallest absolute Gasteiger partial charge is 0.326 e. The highest BCUT2D eigenvalue weighted by atomic mass is 32.2. The van der Waals surface area contributed by atoms with Crippen LogP contribution in [0.1, 0.15) is 18.1 Å². The summed E-state index contributed by atoms with van der Waals surface area (Å²) in [6, 6.07) is 12.3. The van der Waals surface area contributed by atoms with Gasteiger partial charge in [0.25, 0.3) is 17.1 Å². The molecule has 178 valence electrons. The number of hydrogen-bond donors (Lipinski definition) is 1. The highest BCUT2D eigenvalue weighted by Crippen LogP contribution is 2.34. The number of amides is 3. The van der Waals surface area contributed by atoms with Gasteiger partial charge < -0.3 is 19.5 Å². The Kier molecular flexibility index (Phi) is 8.31. The Morgan fingerprint density at radius 2 is 1.82 bits per heavy atom. The molecule has 9 nitrogen and oxygen atoms in total. The van der Waals surface area contributed by atoms with Crippen LogP contribution >= 0.6 is 11.8 Å². The molecule has 1 fully saturated rings. The van der Waals surface area contributed by atoms with Crippen LogP contribution in [-0.4, -0.2) is 54.8 Å². The van der Waals surface area contributed by atoms with Crippen molar-refractivity contribution in [2.45, 2.75) is 13.8 Å². The zero-order chi connectivity index (χ0) is 24.7. The van der Waals surface area contributed by atoms with Crippen molar-refractivity contribution in [3.63, 3.8) is 0 Å². The van der Waals surface area contributed by atoms with E-state index >= 15 is 0 Å². The highest BCUT2D eigenvalue weighted by molar-refractivity contribution is 8.18. The van der Waals surface area contributed by atoms with Crippen molar-refractivity contribution in [2.75, 3.05) is 32.2 Å². The van der Waals surface area contributed by atoms with Crippen molar-refractivity contribution in [3.05, 3.63) is 58.5 Å². The third-order valence-electron chi connectivity index (χ3n) is 4.65. The lowest BCUT2D eigenvalue weighted by molar-refractivity contribution is -0.146. The molecule has 0 aliphatic carbocycles. The first-order valence-corrected chi connectivity index (χ1v) is 11.2. The van der Waals surface area contributed by atoms with Crippen LogP contribution in [0.3, 0.4) is 0 Å². The van der Waals surface area contributed by atoms with Crippen LogP contribution < -0.4 is 14.8 Å². The molecule has 0 aromatic heterocycles. The number of benzene rings is 2. The number of rotatable bonds is 9. The maximum Gasteiger partial charge on any atom is 0.326 e. The number of methoxy groups -OCH3 is 1. The second-order valence-corrected chi connectivity index (χ2v) is 8.18. The lowest BCUT2D eigenvalue weighted by Crippen LogP contribution is -2.34. The summed E-state index contributed by atoms with van der Waals surface area (Å²) in [6.45, 7) is 3.10. The van der Waals surface area contributed by atoms with Crippen molar-refractivity contribution in [2.24, 2.45) is 0 Å². The van der Waals surface area contributed by atoms with Gasteiger partial charge in [-0.1, -0.05) is 23.8 Å². The van der Waals surface area contributed by atoms with Gasteiger partial charge in [0.1, 0.15) is 6.54 Å². The van der Waals surface area contributed by atoms with Gasteiger partial charge in [-0.15, -0.1) is 0 Å². The molecule has 1 aliphatic rings. The average Bonchev–Trinajstić information content (AvgIpc) is 3.07. The number of anilines is 1. The fourth-order valence-corrected chi connectivity index (χ4v) is 3.83. The molecule has 0 radical (unpaired) electrons. The van der Waals surface area contributed by atoms with E-state index in [-0.39, 0.29) is 24.0 Å². The van der Waals surface area contributed by atoms with E-state index in [1.165, 1.54) is 13.2 Å². The molecule has 1 heterocycles. The predicted molar refractivity (Wildman–Crippen MR) is 128 cm³/mol. The molecule has 10 heteroatoms. The zero-order valence-electron chi connectivity index (χ0n) is 19.0. The van der Waals surface area contributed by atoms with Gasteiger partial charge in [-0.25, -0.2) is 0 Å². The summed E-state index contributed by atoms with van der Waals surface area (Å²) in [5.41, 5.74) is 2.33. The molecule has 1 aliphatic heterocycles. The van der Waals surface area contributed by atoms with Gasteiger partial charge in [0.2, 0.25) is 0 Å². The minimum absolute atomic E-state index is 0.159. The van der Waals surface area contributed by atoms with Crippen molar-refractivity contribution in [1.82, 2.24) is 4.90 Å². The minimum Gasteiger partial charge on any atom is -0.493 e. The van der Waals surface area contributed by atoms with E-state index in [0.717, 1.165) is 22.2 Å². The van der Waals surface area contributed by atoms with Gasteiger partial charge >= 0.3 is 5.97 Å². The Bertz CT molecular complexity index is 1130. The van der Waals surface area contributed by atoms with E-state index in [4.69, 9.17) is 14.2 Å². The number of nitrogens with one attached hydrogen (secondary N) is 1. The van der Waals surface area contributed by atoms with Crippen molar-refractivity contribution < 1.29 is 33.4 Å². The van der Waals surface area contributed by atoms with E-state index in [1.54, 1.807) is 37.3 Å². The Balaban J connectivity index is 1.65.